The third kappa shape index (κ3) is 5.69. The minimum atomic E-state index is -3.51. The zero-order valence-corrected chi connectivity index (χ0v) is 17.3. The van der Waals surface area contributed by atoms with Gasteiger partial charge in [-0.1, -0.05) is 18.2 Å². The summed E-state index contributed by atoms with van der Waals surface area (Å²) in [5.41, 5.74) is 1.56. The Morgan fingerprint density at radius 1 is 1.00 bits per heavy atom. The fraction of sp³-hybridized carbons (Fsp3) is 0.381. The highest BCUT2D eigenvalue weighted by molar-refractivity contribution is 7.92. The quantitative estimate of drug-likeness (QED) is 0.692. The van der Waals surface area contributed by atoms with E-state index in [2.05, 4.69) is 17.0 Å². The van der Waals surface area contributed by atoms with E-state index in [1.54, 1.807) is 0 Å². The number of para-hydroxylation sites is 1. The van der Waals surface area contributed by atoms with Gasteiger partial charge in [-0.2, -0.15) is 0 Å². The molecule has 0 unspecified atom stereocenters. The summed E-state index contributed by atoms with van der Waals surface area (Å²) in [5, 5.41) is 0. The molecule has 0 bridgehead atoms. The van der Waals surface area contributed by atoms with E-state index in [1.807, 2.05) is 23.1 Å². The number of piperazine rings is 1. The molecule has 8 heteroatoms. The van der Waals surface area contributed by atoms with Crippen molar-refractivity contribution >= 4 is 27.3 Å². The van der Waals surface area contributed by atoms with Gasteiger partial charge in [-0.3, -0.25) is 9.10 Å². The molecule has 156 valence electrons. The first kappa shape index (κ1) is 21.1. The van der Waals surface area contributed by atoms with Crippen LogP contribution in [0.25, 0.3) is 0 Å². The molecule has 6 nitrogen and oxygen atoms in total. The minimum Gasteiger partial charge on any atom is -0.368 e. The molecule has 0 N–H and O–H groups in total. The van der Waals surface area contributed by atoms with Gasteiger partial charge in [0.1, 0.15) is 5.82 Å². The number of halogens is 1. The number of sulfonamides is 1. The number of hydrogen-bond acceptors (Lipinski definition) is 4. The van der Waals surface area contributed by atoms with Crippen molar-refractivity contribution in [1.82, 2.24) is 4.90 Å². The predicted molar refractivity (Wildman–Crippen MR) is 113 cm³/mol. The number of carbonyl (C=O) groups is 1. The lowest BCUT2D eigenvalue weighted by atomic mass is 10.2. The Kier molecular flexibility index (Phi) is 6.74. The van der Waals surface area contributed by atoms with E-state index >= 15 is 0 Å². The number of benzene rings is 2. The molecular formula is C21H26FN3O3S. The molecule has 0 spiro atoms. The maximum absolute atomic E-state index is 13.1. The molecule has 2 aromatic rings. The van der Waals surface area contributed by atoms with Crippen LogP contribution >= 0.6 is 0 Å². The van der Waals surface area contributed by atoms with Crippen molar-refractivity contribution in [3.63, 3.8) is 0 Å². The van der Waals surface area contributed by atoms with E-state index in [-0.39, 0.29) is 18.9 Å². The number of nitrogens with zero attached hydrogens (tertiary/aromatic N) is 3. The number of anilines is 2. The summed E-state index contributed by atoms with van der Waals surface area (Å²) in [6.45, 7) is 3.05. The standard InChI is InChI=1S/C21H26FN3O3S/c1-29(27,28)25(20-11-9-18(22)10-12-20)13-5-8-21(26)24-16-14-23(15-17-24)19-6-3-2-4-7-19/h2-4,6-7,9-12H,5,8,13-17H2,1H3. The third-order valence-electron chi connectivity index (χ3n) is 5.02. The van der Waals surface area contributed by atoms with Gasteiger partial charge in [-0.15, -0.1) is 0 Å². The van der Waals surface area contributed by atoms with Gasteiger partial charge in [0.2, 0.25) is 15.9 Å². The van der Waals surface area contributed by atoms with Crippen LogP contribution in [0.2, 0.25) is 0 Å². The number of carbonyl (C=O) groups excluding carboxylic acids is 1. The smallest absolute Gasteiger partial charge is 0.232 e. The Balaban J connectivity index is 1.50. The van der Waals surface area contributed by atoms with Crippen molar-refractivity contribution in [2.75, 3.05) is 48.2 Å². The molecule has 3 rings (SSSR count). The molecule has 0 aliphatic carbocycles. The van der Waals surface area contributed by atoms with Crippen molar-refractivity contribution in [2.24, 2.45) is 0 Å². The largest absolute Gasteiger partial charge is 0.368 e. The molecule has 1 saturated heterocycles. The fourth-order valence-electron chi connectivity index (χ4n) is 3.48. The highest BCUT2D eigenvalue weighted by Crippen LogP contribution is 2.19. The van der Waals surface area contributed by atoms with Gasteiger partial charge in [0.25, 0.3) is 0 Å². The minimum absolute atomic E-state index is 0.0327. The van der Waals surface area contributed by atoms with Gasteiger partial charge < -0.3 is 9.80 Å². The summed E-state index contributed by atoms with van der Waals surface area (Å²) in [5.74, 6) is -0.391. The van der Waals surface area contributed by atoms with Crippen LogP contribution in [0.5, 0.6) is 0 Å². The second-order valence-corrected chi connectivity index (χ2v) is 9.03. The Morgan fingerprint density at radius 2 is 1.62 bits per heavy atom. The highest BCUT2D eigenvalue weighted by Gasteiger charge is 2.22. The topological polar surface area (TPSA) is 60.9 Å². The molecule has 1 heterocycles. The molecule has 0 atom stereocenters. The van der Waals surface area contributed by atoms with Crippen LogP contribution in [0.1, 0.15) is 12.8 Å². The average Bonchev–Trinajstić information content (AvgIpc) is 2.72. The Labute approximate surface area is 171 Å². The first-order valence-electron chi connectivity index (χ1n) is 9.65. The molecule has 0 radical (unpaired) electrons. The number of amides is 1. The number of rotatable bonds is 7. The van der Waals surface area contributed by atoms with E-state index in [0.29, 0.717) is 25.2 Å². The third-order valence-corrected chi connectivity index (χ3v) is 6.21. The van der Waals surface area contributed by atoms with Crippen molar-refractivity contribution in [3.05, 3.63) is 60.4 Å². The Bertz CT molecular complexity index is 912. The van der Waals surface area contributed by atoms with E-state index < -0.39 is 15.8 Å². The van der Waals surface area contributed by atoms with Crippen LogP contribution in [0.3, 0.4) is 0 Å². The molecule has 0 aromatic heterocycles. The van der Waals surface area contributed by atoms with E-state index in [9.17, 15) is 17.6 Å². The van der Waals surface area contributed by atoms with Crippen LogP contribution in [-0.2, 0) is 14.8 Å². The molecule has 1 fully saturated rings. The van der Waals surface area contributed by atoms with E-state index in [1.165, 1.54) is 28.6 Å². The Hall–Kier alpha value is -2.61. The van der Waals surface area contributed by atoms with Crippen LogP contribution < -0.4 is 9.21 Å². The lowest BCUT2D eigenvalue weighted by Crippen LogP contribution is -2.48. The maximum atomic E-state index is 13.1. The second-order valence-electron chi connectivity index (χ2n) is 7.12. The average molecular weight is 420 g/mol. The molecular weight excluding hydrogens is 393 g/mol. The van der Waals surface area contributed by atoms with Crippen molar-refractivity contribution < 1.29 is 17.6 Å². The zero-order chi connectivity index (χ0) is 20.9. The summed E-state index contributed by atoms with van der Waals surface area (Å²) < 4.78 is 38.5. The van der Waals surface area contributed by atoms with E-state index in [0.717, 1.165) is 25.0 Å². The number of hydrogen-bond donors (Lipinski definition) is 0. The highest BCUT2D eigenvalue weighted by atomic mass is 32.2. The van der Waals surface area contributed by atoms with Crippen molar-refractivity contribution in [2.45, 2.75) is 12.8 Å². The normalized spacial score (nSPS) is 14.7. The first-order chi connectivity index (χ1) is 13.8. The van der Waals surface area contributed by atoms with Gasteiger partial charge in [0.05, 0.1) is 11.9 Å². The van der Waals surface area contributed by atoms with E-state index in [4.69, 9.17) is 0 Å². The van der Waals surface area contributed by atoms with Crippen LogP contribution in [-0.4, -0.2) is 58.2 Å². The zero-order valence-electron chi connectivity index (χ0n) is 16.5. The maximum Gasteiger partial charge on any atom is 0.232 e. The summed E-state index contributed by atoms with van der Waals surface area (Å²) in [6.07, 6.45) is 1.79. The van der Waals surface area contributed by atoms with Crippen LogP contribution in [0, 0.1) is 5.82 Å². The van der Waals surface area contributed by atoms with Crippen LogP contribution in [0.15, 0.2) is 54.6 Å². The molecule has 1 aliphatic heterocycles. The van der Waals surface area contributed by atoms with Crippen LogP contribution in [0.4, 0.5) is 15.8 Å². The lowest BCUT2D eigenvalue weighted by molar-refractivity contribution is -0.131. The van der Waals surface area contributed by atoms with Crippen molar-refractivity contribution in [1.29, 1.82) is 0 Å². The van der Waals surface area contributed by atoms with Crippen molar-refractivity contribution in [3.8, 4) is 0 Å². The SMILES string of the molecule is CS(=O)(=O)N(CCCC(=O)N1CCN(c2ccccc2)CC1)c1ccc(F)cc1. The summed E-state index contributed by atoms with van der Waals surface area (Å²) in [6, 6.07) is 15.4. The second kappa shape index (κ2) is 9.26. The molecule has 1 amide bonds. The molecule has 1 aliphatic rings. The van der Waals surface area contributed by atoms with Gasteiger partial charge in [0, 0.05) is 44.8 Å². The lowest BCUT2D eigenvalue weighted by Gasteiger charge is -2.36. The summed E-state index contributed by atoms with van der Waals surface area (Å²) >= 11 is 0. The predicted octanol–water partition coefficient (Wildman–Crippen LogP) is 2.72. The molecule has 0 saturated carbocycles. The molecule has 2 aromatic carbocycles. The van der Waals surface area contributed by atoms with Gasteiger partial charge in [-0.25, -0.2) is 12.8 Å². The van der Waals surface area contributed by atoms with Gasteiger partial charge >= 0.3 is 0 Å². The first-order valence-corrected chi connectivity index (χ1v) is 11.5. The van der Waals surface area contributed by atoms with Gasteiger partial charge in [0.15, 0.2) is 0 Å². The fourth-order valence-corrected chi connectivity index (χ4v) is 4.44. The monoisotopic (exact) mass is 419 g/mol. The molecule has 29 heavy (non-hydrogen) atoms. The van der Waals surface area contributed by atoms with Gasteiger partial charge in [-0.05, 0) is 42.8 Å². The summed E-state index contributed by atoms with van der Waals surface area (Å²) in [4.78, 5) is 16.6. The summed E-state index contributed by atoms with van der Waals surface area (Å²) in [7, 11) is -3.51. The Morgan fingerprint density at radius 3 is 2.21 bits per heavy atom.